The second-order valence-corrected chi connectivity index (χ2v) is 2.51. The first-order valence-electron chi connectivity index (χ1n) is 3.44. The highest BCUT2D eigenvalue weighted by atomic mass is 16.4. The van der Waals surface area contributed by atoms with Gasteiger partial charge in [0.1, 0.15) is 0 Å². The highest BCUT2D eigenvalue weighted by molar-refractivity contribution is 5.97. The highest BCUT2D eigenvalue weighted by Gasteiger charge is 2.08. The highest BCUT2D eigenvalue weighted by Crippen LogP contribution is 2.09. The summed E-state index contributed by atoms with van der Waals surface area (Å²) in [6.07, 6.45) is 0.552. The van der Waals surface area contributed by atoms with Gasteiger partial charge in [0.15, 0.2) is 6.29 Å². The predicted molar refractivity (Wildman–Crippen MR) is 43.5 cm³/mol. The topological polar surface area (TPSA) is 54.4 Å². The van der Waals surface area contributed by atoms with Gasteiger partial charge in [-0.05, 0) is 19.1 Å². The lowest BCUT2D eigenvalue weighted by Crippen LogP contribution is -2.01. The second kappa shape index (κ2) is 3.17. The van der Waals surface area contributed by atoms with Crippen LogP contribution in [0, 0.1) is 6.92 Å². The molecule has 0 radical (unpaired) electrons. The Labute approximate surface area is 69.6 Å². The Balaban J connectivity index is 3.29. The number of carboxylic acids is 1. The molecule has 0 bridgehead atoms. The number of aldehydes is 1. The number of rotatable bonds is 2. The standard InChI is InChI=1S/C9H8O3/c1-6-2-3-8(9(11)12)7(4-6)5-10/h2-5H,1H3,(H,11,12). The van der Waals surface area contributed by atoms with Gasteiger partial charge in [-0.2, -0.15) is 0 Å². The van der Waals surface area contributed by atoms with Crippen LogP contribution in [-0.4, -0.2) is 17.4 Å². The van der Waals surface area contributed by atoms with E-state index in [0.717, 1.165) is 5.56 Å². The molecule has 62 valence electrons. The lowest BCUT2D eigenvalue weighted by atomic mass is 10.1. The quantitative estimate of drug-likeness (QED) is 0.674. The van der Waals surface area contributed by atoms with E-state index in [4.69, 9.17) is 5.11 Å². The maximum atomic E-state index is 10.5. The third-order valence-electron chi connectivity index (χ3n) is 1.56. The van der Waals surface area contributed by atoms with Gasteiger partial charge in [0.25, 0.3) is 0 Å². The number of benzene rings is 1. The first kappa shape index (κ1) is 8.46. The molecular weight excluding hydrogens is 156 g/mol. The molecule has 1 N–H and O–H groups in total. The van der Waals surface area contributed by atoms with Gasteiger partial charge in [-0.15, -0.1) is 0 Å². The number of aryl methyl sites for hydroxylation is 1. The third-order valence-corrected chi connectivity index (χ3v) is 1.56. The van der Waals surface area contributed by atoms with Crippen molar-refractivity contribution in [1.82, 2.24) is 0 Å². The summed E-state index contributed by atoms with van der Waals surface area (Å²) in [5.74, 6) is -1.07. The normalized spacial score (nSPS) is 9.42. The lowest BCUT2D eigenvalue weighted by molar-refractivity contribution is 0.0694. The third kappa shape index (κ3) is 1.50. The minimum atomic E-state index is -1.07. The Kier molecular flexibility index (Phi) is 2.24. The fourth-order valence-corrected chi connectivity index (χ4v) is 0.974. The van der Waals surface area contributed by atoms with E-state index in [1.54, 1.807) is 19.1 Å². The van der Waals surface area contributed by atoms with Crippen molar-refractivity contribution >= 4 is 12.3 Å². The number of hydrogen-bond donors (Lipinski definition) is 1. The van der Waals surface area contributed by atoms with E-state index in [1.165, 1.54) is 6.07 Å². The Bertz CT molecular complexity index is 329. The maximum Gasteiger partial charge on any atom is 0.336 e. The molecule has 0 saturated carbocycles. The molecule has 0 saturated heterocycles. The van der Waals surface area contributed by atoms with Crippen LogP contribution in [0.2, 0.25) is 0 Å². The number of aromatic carboxylic acids is 1. The molecule has 0 unspecified atom stereocenters. The molecule has 0 atom stereocenters. The average Bonchev–Trinajstić information content (AvgIpc) is 2.03. The largest absolute Gasteiger partial charge is 0.478 e. The van der Waals surface area contributed by atoms with Gasteiger partial charge < -0.3 is 5.11 Å². The minimum absolute atomic E-state index is 0.0515. The molecule has 0 aliphatic rings. The van der Waals surface area contributed by atoms with Gasteiger partial charge in [-0.1, -0.05) is 11.6 Å². The van der Waals surface area contributed by atoms with Gasteiger partial charge in [0.05, 0.1) is 5.56 Å². The van der Waals surface area contributed by atoms with Crippen LogP contribution in [-0.2, 0) is 0 Å². The summed E-state index contributed by atoms with van der Waals surface area (Å²) in [5, 5.41) is 8.63. The van der Waals surface area contributed by atoms with Crippen molar-refractivity contribution in [2.24, 2.45) is 0 Å². The molecule has 0 heterocycles. The van der Waals surface area contributed by atoms with Crippen LogP contribution in [0.15, 0.2) is 18.2 Å². The van der Waals surface area contributed by atoms with Gasteiger partial charge in [-0.3, -0.25) is 4.79 Å². The van der Waals surface area contributed by atoms with Crippen LogP contribution in [0.4, 0.5) is 0 Å². The van der Waals surface area contributed by atoms with Crippen LogP contribution in [0.3, 0.4) is 0 Å². The summed E-state index contributed by atoms with van der Waals surface area (Å²) in [6.45, 7) is 1.80. The lowest BCUT2D eigenvalue weighted by Gasteiger charge is -1.99. The fourth-order valence-electron chi connectivity index (χ4n) is 0.974. The fraction of sp³-hybridized carbons (Fsp3) is 0.111. The van der Waals surface area contributed by atoms with Crippen molar-refractivity contribution in [2.75, 3.05) is 0 Å². The van der Waals surface area contributed by atoms with E-state index in [9.17, 15) is 9.59 Å². The summed E-state index contributed by atoms with van der Waals surface area (Å²) in [6, 6.07) is 4.65. The zero-order valence-corrected chi connectivity index (χ0v) is 6.57. The van der Waals surface area contributed by atoms with E-state index >= 15 is 0 Å². The van der Waals surface area contributed by atoms with Crippen LogP contribution in [0.5, 0.6) is 0 Å². The van der Waals surface area contributed by atoms with E-state index in [-0.39, 0.29) is 11.1 Å². The summed E-state index contributed by atoms with van der Waals surface area (Å²) in [7, 11) is 0. The molecule has 12 heavy (non-hydrogen) atoms. The predicted octanol–water partition coefficient (Wildman–Crippen LogP) is 1.51. The SMILES string of the molecule is Cc1ccc(C(=O)O)c(C=O)c1. The molecular formula is C9H8O3. The molecule has 0 spiro atoms. The van der Waals surface area contributed by atoms with Crippen LogP contribution < -0.4 is 0 Å². The zero-order chi connectivity index (χ0) is 9.14. The molecule has 0 aromatic heterocycles. The Morgan fingerprint density at radius 1 is 1.50 bits per heavy atom. The van der Waals surface area contributed by atoms with Crippen LogP contribution in [0.25, 0.3) is 0 Å². The van der Waals surface area contributed by atoms with Gasteiger partial charge in [-0.25, -0.2) is 4.79 Å². The number of carbonyl (C=O) groups excluding carboxylic acids is 1. The Morgan fingerprint density at radius 3 is 2.67 bits per heavy atom. The average molecular weight is 164 g/mol. The zero-order valence-electron chi connectivity index (χ0n) is 6.57. The van der Waals surface area contributed by atoms with E-state index in [1.807, 2.05) is 0 Å². The summed E-state index contributed by atoms with van der Waals surface area (Å²) in [4.78, 5) is 21.0. The minimum Gasteiger partial charge on any atom is -0.478 e. The molecule has 0 amide bonds. The Morgan fingerprint density at radius 2 is 2.17 bits per heavy atom. The molecule has 1 aromatic rings. The van der Waals surface area contributed by atoms with Crippen LogP contribution in [0.1, 0.15) is 26.3 Å². The Hall–Kier alpha value is -1.64. The summed E-state index contributed by atoms with van der Waals surface area (Å²) >= 11 is 0. The molecule has 3 heteroatoms. The molecule has 3 nitrogen and oxygen atoms in total. The molecule has 1 aromatic carbocycles. The number of carboxylic acid groups (broad SMARTS) is 1. The van der Waals surface area contributed by atoms with Crippen molar-refractivity contribution in [1.29, 1.82) is 0 Å². The van der Waals surface area contributed by atoms with Crippen LogP contribution >= 0.6 is 0 Å². The summed E-state index contributed by atoms with van der Waals surface area (Å²) < 4.78 is 0. The second-order valence-electron chi connectivity index (χ2n) is 2.51. The van der Waals surface area contributed by atoms with E-state index in [2.05, 4.69) is 0 Å². The van der Waals surface area contributed by atoms with E-state index < -0.39 is 5.97 Å². The van der Waals surface area contributed by atoms with Crippen molar-refractivity contribution in [2.45, 2.75) is 6.92 Å². The van der Waals surface area contributed by atoms with Gasteiger partial charge in [0.2, 0.25) is 0 Å². The van der Waals surface area contributed by atoms with Crippen molar-refractivity contribution in [3.63, 3.8) is 0 Å². The maximum absolute atomic E-state index is 10.5. The monoisotopic (exact) mass is 164 g/mol. The van der Waals surface area contributed by atoms with Crippen molar-refractivity contribution < 1.29 is 14.7 Å². The van der Waals surface area contributed by atoms with E-state index in [0.29, 0.717) is 6.29 Å². The first-order valence-corrected chi connectivity index (χ1v) is 3.44. The molecule has 0 aliphatic heterocycles. The smallest absolute Gasteiger partial charge is 0.336 e. The molecule has 0 fully saturated rings. The molecule has 1 rings (SSSR count). The van der Waals surface area contributed by atoms with Gasteiger partial charge >= 0.3 is 5.97 Å². The van der Waals surface area contributed by atoms with Gasteiger partial charge in [0, 0.05) is 5.56 Å². The summed E-state index contributed by atoms with van der Waals surface area (Å²) in [5.41, 5.74) is 1.15. The van der Waals surface area contributed by atoms with Crippen molar-refractivity contribution in [3.05, 3.63) is 34.9 Å². The number of hydrogen-bond acceptors (Lipinski definition) is 2. The van der Waals surface area contributed by atoms with Crippen molar-refractivity contribution in [3.8, 4) is 0 Å². The number of carbonyl (C=O) groups is 2. The first-order chi connectivity index (χ1) is 5.65. The molecule has 0 aliphatic carbocycles.